The van der Waals surface area contributed by atoms with Gasteiger partial charge in [-0.15, -0.1) is 16.4 Å². The van der Waals surface area contributed by atoms with Crippen molar-refractivity contribution in [1.82, 2.24) is 10.2 Å². The van der Waals surface area contributed by atoms with Gasteiger partial charge in [-0.3, -0.25) is 0 Å². The van der Waals surface area contributed by atoms with Crippen LogP contribution in [-0.2, 0) is 13.0 Å². The fraction of sp³-hybridized carbons (Fsp3) is 0.400. The van der Waals surface area contributed by atoms with E-state index >= 15 is 0 Å². The number of thiophene rings is 1. The number of aromatic nitrogens is 2. The second-order valence-corrected chi connectivity index (χ2v) is 5.11. The Hall–Kier alpha value is -1.07. The van der Waals surface area contributed by atoms with E-state index in [1.807, 2.05) is 12.1 Å². The number of anilines is 1. The molecule has 0 amide bonds. The molecule has 16 heavy (non-hydrogen) atoms. The number of nitrogens with one attached hydrogen (secondary N) is 1. The van der Waals surface area contributed by atoms with Gasteiger partial charge in [-0.05, 0) is 18.6 Å². The van der Waals surface area contributed by atoms with Crippen molar-refractivity contribution in [3.05, 3.63) is 27.2 Å². The normalized spacial score (nSPS) is 10.6. The summed E-state index contributed by atoms with van der Waals surface area (Å²) in [6, 6.07) is 4.32. The van der Waals surface area contributed by atoms with E-state index in [0.29, 0.717) is 18.5 Å². The maximum Gasteiger partial charge on any atom is 0.315 e. The van der Waals surface area contributed by atoms with Gasteiger partial charge in [-0.25, -0.2) is 0 Å². The van der Waals surface area contributed by atoms with Gasteiger partial charge < -0.3 is 9.73 Å². The molecule has 0 saturated carbocycles. The Bertz CT molecular complexity index is 454. The number of nitrogens with zero attached hydrogens (tertiary/aromatic N) is 2. The maximum absolute atomic E-state index is 5.83. The summed E-state index contributed by atoms with van der Waals surface area (Å²) in [6.45, 7) is 2.73. The summed E-state index contributed by atoms with van der Waals surface area (Å²) in [5.41, 5.74) is 0. The Morgan fingerprint density at radius 2 is 2.31 bits per heavy atom. The highest BCUT2D eigenvalue weighted by molar-refractivity contribution is 7.16. The van der Waals surface area contributed by atoms with Gasteiger partial charge in [-0.1, -0.05) is 23.6 Å². The lowest BCUT2D eigenvalue weighted by atomic mass is 10.3. The SMILES string of the molecule is CCCc1nnc(NCc2ccc(Cl)s2)o1. The van der Waals surface area contributed by atoms with E-state index < -0.39 is 0 Å². The monoisotopic (exact) mass is 257 g/mol. The lowest BCUT2D eigenvalue weighted by Crippen LogP contribution is -1.97. The van der Waals surface area contributed by atoms with Crippen LogP contribution in [0.3, 0.4) is 0 Å². The van der Waals surface area contributed by atoms with Crippen molar-refractivity contribution in [2.24, 2.45) is 0 Å². The predicted octanol–water partition coefficient (Wildman–Crippen LogP) is 3.35. The van der Waals surface area contributed by atoms with Gasteiger partial charge in [-0.2, -0.15) is 0 Å². The van der Waals surface area contributed by atoms with Crippen LogP contribution in [-0.4, -0.2) is 10.2 Å². The van der Waals surface area contributed by atoms with Crippen LogP contribution < -0.4 is 5.32 Å². The molecule has 0 aliphatic heterocycles. The summed E-state index contributed by atoms with van der Waals surface area (Å²) in [5.74, 6) is 0.675. The highest BCUT2D eigenvalue weighted by Gasteiger charge is 2.05. The Morgan fingerprint density at radius 1 is 1.44 bits per heavy atom. The Labute approximate surface area is 103 Å². The first-order chi connectivity index (χ1) is 7.78. The molecule has 0 unspecified atom stereocenters. The molecule has 0 atom stereocenters. The third kappa shape index (κ3) is 2.96. The summed E-state index contributed by atoms with van der Waals surface area (Å²) >= 11 is 7.36. The van der Waals surface area contributed by atoms with Crippen molar-refractivity contribution < 1.29 is 4.42 Å². The minimum atomic E-state index is 0.466. The number of aryl methyl sites for hydroxylation is 1. The first kappa shape index (κ1) is 11.4. The lowest BCUT2D eigenvalue weighted by Gasteiger charge is -1.96. The first-order valence-electron chi connectivity index (χ1n) is 5.08. The zero-order chi connectivity index (χ0) is 11.4. The van der Waals surface area contributed by atoms with Crippen LogP contribution in [0.15, 0.2) is 16.5 Å². The van der Waals surface area contributed by atoms with Crippen LogP contribution in [0.25, 0.3) is 0 Å². The van der Waals surface area contributed by atoms with Crippen LogP contribution in [0, 0.1) is 0 Å². The molecule has 0 fully saturated rings. The Morgan fingerprint density at radius 3 is 3.00 bits per heavy atom. The highest BCUT2D eigenvalue weighted by atomic mass is 35.5. The minimum absolute atomic E-state index is 0.466. The molecule has 0 bridgehead atoms. The summed E-state index contributed by atoms with van der Waals surface area (Å²) in [5, 5.41) is 10.9. The van der Waals surface area contributed by atoms with Crippen LogP contribution >= 0.6 is 22.9 Å². The first-order valence-corrected chi connectivity index (χ1v) is 6.28. The van der Waals surface area contributed by atoms with E-state index in [0.717, 1.165) is 22.1 Å². The summed E-state index contributed by atoms with van der Waals surface area (Å²) < 4.78 is 6.18. The molecule has 2 rings (SSSR count). The van der Waals surface area contributed by atoms with E-state index in [1.165, 1.54) is 11.3 Å². The number of hydrogen-bond acceptors (Lipinski definition) is 5. The van der Waals surface area contributed by atoms with Gasteiger partial charge in [0.15, 0.2) is 0 Å². The van der Waals surface area contributed by atoms with Gasteiger partial charge in [0, 0.05) is 11.3 Å². The third-order valence-electron chi connectivity index (χ3n) is 1.97. The third-order valence-corrected chi connectivity index (χ3v) is 3.20. The smallest absolute Gasteiger partial charge is 0.315 e. The molecule has 0 radical (unpaired) electrons. The average molecular weight is 258 g/mol. The average Bonchev–Trinajstić information content (AvgIpc) is 2.85. The summed E-state index contributed by atoms with van der Waals surface area (Å²) in [4.78, 5) is 1.14. The Balaban J connectivity index is 1.89. The van der Waals surface area contributed by atoms with E-state index in [1.54, 1.807) is 0 Å². The molecule has 2 aromatic heterocycles. The van der Waals surface area contributed by atoms with Crippen molar-refractivity contribution in [2.45, 2.75) is 26.3 Å². The van der Waals surface area contributed by atoms with Gasteiger partial charge in [0.2, 0.25) is 5.89 Å². The van der Waals surface area contributed by atoms with Crippen molar-refractivity contribution >= 4 is 29.0 Å². The summed E-state index contributed by atoms with van der Waals surface area (Å²) in [6.07, 6.45) is 1.82. The van der Waals surface area contributed by atoms with E-state index in [-0.39, 0.29) is 0 Å². The molecular weight excluding hydrogens is 246 g/mol. The van der Waals surface area contributed by atoms with Gasteiger partial charge in [0.05, 0.1) is 10.9 Å². The highest BCUT2D eigenvalue weighted by Crippen LogP contribution is 2.22. The fourth-order valence-corrected chi connectivity index (χ4v) is 2.28. The van der Waals surface area contributed by atoms with E-state index in [4.69, 9.17) is 16.0 Å². The standard InChI is InChI=1S/C10H12ClN3OS/c1-2-3-9-13-14-10(15-9)12-6-7-4-5-8(11)16-7/h4-5H,2-3,6H2,1H3,(H,12,14). The molecular formula is C10H12ClN3OS. The quantitative estimate of drug-likeness (QED) is 0.893. The fourth-order valence-electron chi connectivity index (χ4n) is 1.25. The molecule has 0 aromatic carbocycles. The zero-order valence-electron chi connectivity index (χ0n) is 8.86. The largest absolute Gasteiger partial charge is 0.408 e. The number of hydrogen-bond donors (Lipinski definition) is 1. The molecule has 2 aromatic rings. The second-order valence-electron chi connectivity index (χ2n) is 3.31. The van der Waals surface area contributed by atoms with Crippen molar-refractivity contribution in [3.8, 4) is 0 Å². The van der Waals surface area contributed by atoms with E-state index in [2.05, 4.69) is 22.4 Å². The van der Waals surface area contributed by atoms with Gasteiger partial charge in [0.25, 0.3) is 0 Å². The van der Waals surface area contributed by atoms with Crippen molar-refractivity contribution in [2.75, 3.05) is 5.32 Å². The summed E-state index contributed by atoms with van der Waals surface area (Å²) in [7, 11) is 0. The molecule has 0 aliphatic carbocycles. The molecule has 2 heterocycles. The predicted molar refractivity (Wildman–Crippen MR) is 64.9 cm³/mol. The number of rotatable bonds is 5. The number of halogens is 1. The molecule has 0 saturated heterocycles. The molecule has 6 heteroatoms. The van der Waals surface area contributed by atoms with Gasteiger partial charge in [0.1, 0.15) is 0 Å². The van der Waals surface area contributed by atoms with Crippen LogP contribution in [0.4, 0.5) is 6.01 Å². The molecule has 1 N–H and O–H groups in total. The zero-order valence-corrected chi connectivity index (χ0v) is 10.4. The van der Waals surface area contributed by atoms with Crippen molar-refractivity contribution in [1.29, 1.82) is 0 Å². The van der Waals surface area contributed by atoms with Crippen LogP contribution in [0.1, 0.15) is 24.1 Å². The lowest BCUT2D eigenvalue weighted by molar-refractivity contribution is 0.501. The Kier molecular flexibility index (Phi) is 3.79. The molecule has 86 valence electrons. The minimum Gasteiger partial charge on any atom is -0.408 e. The second kappa shape index (κ2) is 5.32. The molecule has 0 spiro atoms. The topological polar surface area (TPSA) is 51.0 Å². The van der Waals surface area contributed by atoms with Crippen molar-refractivity contribution in [3.63, 3.8) is 0 Å². The van der Waals surface area contributed by atoms with Gasteiger partial charge >= 0.3 is 6.01 Å². The molecule has 0 aliphatic rings. The maximum atomic E-state index is 5.83. The van der Waals surface area contributed by atoms with Crippen LogP contribution in [0.2, 0.25) is 4.34 Å². The molecule has 4 nitrogen and oxygen atoms in total. The van der Waals surface area contributed by atoms with Crippen LogP contribution in [0.5, 0.6) is 0 Å². The van der Waals surface area contributed by atoms with E-state index in [9.17, 15) is 0 Å².